The maximum atomic E-state index is 11.9. The van der Waals surface area contributed by atoms with Crippen molar-refractivity contribution >= 4 is 23.3 Å². The van der Waals surface area contributed by atoms with E-state index in [1.165, 1.54) is 0 Å². The van der Waals surface area contributed by atoms with E-state index in [-0.39, 0.29) is 11.8 Å². The van der Waals surface area contributed by atoms with Gasteiger partial charge in [0.2, 0.25) is 5.91 Å². The molecule has 3 amide bonds. The molecule has 0 radical (unpaired) electrons. The van der Waals surface area contributed by atoms with E-state index in [4.69, 9.17) is 5.73 Å². The summed E-state index contributed by atoms with van der Waals surface area (Å²) in [6, 6.07) is 0.729. The van der Waals surface area contributed by atoms with Crippen molar-refractivity contribution in [2.45, 2.75) is 33.4 Å². The van der Waals surface area contributed by atoms with Gasteiger partial charge >= 0.3 is 6.03 Å². The van der Waals surface area contributed by atoms with Crippen molar-refractivity contribution in [1.82, 2.24) is 10.6 Å². The molecule has 0 fully saturated rings. The maximum absolute atomic E-state index is 11.9. The molecule has 1 unspecified atom stereocenters. The fourth-order valence-corrected chi connectivity index (χ4v) is 2.40. The first-order chi connectivity index (χ1) is 8.41. The van der Waals surface area contributed by atoms with Crippen LogP contribution >= 0.6 is 11.3 Å². The lowest BCUT2D eigenvalue weighted by Crippen LogP contribution is -2.51. The van der Waals surface area contributed by atoms with Crippen LogP contribution in [0.2, 0.25) is 0 Å². The first-order valence-corrected chi connectivity index (χ1v) is 6.66. The second-order valence-corrected chi connectivity index (χ2v) is 5.48. The van der Waals surface area contributed by atoms with E-state index in [2.05, 4.69) is 10.6 Å². The van der Waals surface area contributed by atoms with Gasteiger partial charge in [-0.3, -0.25) is 4.79 Å². The number of urea groups is 1. The highest BCUT2D eigenvalue weighted by Crippen LogP contribution is 2.15. The van der Waals surface area contributed by atoms with Crippen molar-refractivity contribution in [2.75, 3.05) is 0 Å². The predicted octanol–water partition coefficient (Wildman–Crippen LogP) is 1.37. The number of nitrogens with two attached hydrogens (primary N) is 1. The number of nitrogens with one attached hydrogen (secondary N) is 2. The summed E-state index contributed by atoms with van der Waals surface area (Å²) in [5.74, 6) is -0.224. The Morgan fingerprint density at radius 1 is 1.44 bits per heavy atom. The molecule has 1 aromatic heterocycles. The molecule has 6 heteroatoms. The van der Waals surface area contributed by atoms with Crippen molar-refractivity contribution < 1.29 is 9.59 Å². The van der Waals surface area contributed by atoms with Crippen molar-refractivity contribution in [2.24, 2.45) is 11.7 Å². The Balaban J connectivity index is 2.57. The second-order valence-electron chi connectivity index (χ2n) is 4.47. The van der Waals surface area contributed by atoms with Gasteiger partial charge in [-0.1, -0.05) is 13.8 Å². The number of primary amides is 1. The van der Waals surface area contributed by atoms with Crippen molar-refractivity contribution in [3.63, 3.8) is 0 Å². The van der Waals surface area contributed by atoms with E-state index in [1.54, 1.807) is 11.3 Å². The average Bonchev–Trinajstić information content (AvgIpc) is 2.68. The van der Waals surface area contributed by atoms with Crippen LogP contribution in [0.15, 0.2) is 11.4 Å². The van der Waals surface area contributed by atoms with Crippen LogP contribution < -0.4 is 16.4 Å². The maximum Gasteiger partial charge on any atom is 0.312 e. The standard InChI is InChI=1S/C12H19N3O2S/c1-7(2)10(15-12(13)17)11(16)14-6-9-8(3)4-5-18-9/h4-5,7,10H,6H2,1-3H3,(H,14,16)(H3,13,15,17). The fraction of sp³-hybridized carbons (Fsp3) is 0.500. The highest BCUT2D eigenvalue weighted by Gasteiger charge is 2.23. The summed E-state index contributed by atoms with van der Waals surface area (Å²) in [6.07, 6.45) is 0. The van der Waals surface area contributed by atoms with Crippen molar-refractivity contribution in [3.05, 3.63) is 21.9 Å². The van der Waals surface area contributed by atoms with Crippen LogP contribution in [0.1, 0.15) is 24.3 Å². The summed E-state index contributed by atoms with van der Waals surface area (Å²) in [7, 11) is 0. The molecular weight excluding hydrogens is 250 g/mol. The minimum atomic E-state index is -0.684. The van der Waals surface area contributed by atoms with E-state index >= 15 is 0 Å². The highest BCUT2D eigenvalue weighted by molar-refractivity contribution is 7.10. The topological polar surface area (TPSA) is 84.2 Å². The third-order valence-corrected chi connectivity index (χ3v) is 3.66. The third kappa shape index (κ3) is 4.03. The molecule has 5 nitrogen and oxygen atoms in total. The Morgan fingerprint density at radius 3 is 2.56 bits per heavy atom. The van der Waals surface area contributed by atoms with Crippen LogP contribution in [0, 0.1) is 12.8 Å². The SMILES string of the molecule is Cc1ccsc1CNC(=O)C(NC(N)=O)C(C)C. The number of amides is 3. The van der Waals surface area contributed by atoms with E-state index in [9.17, 15) is 9.59 Å². The lowest BCUT2D eigenvalue weighted by Gasteiger charge is -2.20. The molecule has 0 bridgehead atoms. The van der Waals surface area contributed by atoms with Crippen LogP contribution in [-0.2, 0) is 11.3 Å². The largest absolute Gasteiger partial charge is 0.352 e. The molecule has 0 spiro atoms. The van der Waals surface area contributed by atoms with Gasteiger partial charge in [0, 0.05) is 4.88 Å². The van der Waals surface area contributed by atoms with Crippen molar-refractivity contribution in [1.29, 1.82) is 0 Å². The number of hydrogen-bond acceptors (Lipinski definition) is 3. The number of hydrogen-bond donors (Lipinski definition) is 3. The summed E-state index contributed by atoms with van der Waals surface area (Å²) in [4.78, 5) is 23.9. The summed E-state index contributed by atoms with van der Waals surface area (Å²) in [5.41, 5.74) is 6.21. The highest BCUT2D eigenvalue weighted by atomic mass is 32.1. The van der Waals surface area contributed by atoms with E-state index in [1.807, 2.05) is 32.2 Å². The van der Waals surface area contributed by atoms with Gasteiger partial charge in [-0.15, -0.1) is 11.3 Å². The van der Waals surface area contributed by atoms with Gasteiger partial charge < -0.3 is 16.4 Å². The van der Waals surface area contributed by atoms with Gasteiger partial charge in [-0.25, -0.2) is 4.79 Å². The molecule has 1 rings (SSSR count). The summed E-state index contributed by atoms with van der Waals surface area (Å²) in [6.45, 7) is 6.19. The molecule has 18 heavy (non-hydrogen) atoms. The van der Waals surface area contributed by atoms with Crippen LogP contribution in [0.3, 0.4) is 0 Å². The molecular formula is C12H19N3O2S. The predicted molar refractivity (Wildman–Crippen MR) is 72.2 cm³/mol. The Kier molecular flexibility index (Phi) is 5.15. The average molecular weight is 269 g/mol. The molecule has 1 atom stereocenters. The third-order valence-electron chi connectivity index (χ3n) is 2.64. The lowest BCUT2D eigenvalue weighted by atomic mass is 10.0. The summed E-state index contributed by atoms with van der Waals surface area (Å²) < 4.78 is 0. The van der Waals surface area contributed by atoms with Crippen molar-refractivity contribution in [3.8, 4) is 0 Å². The number of aryl methyl sites for hydroxylation is 1. The second kappa shape index (κ2) is 6.39. The van der Waals surface area contributed by atoms with E-state index in [0.717, 1.165) is 10.4 Å². The number of rotatable bonds is 5. The minimum Gasteiger partial charge on any atom is -0.352 e. The number of carbonyl (C=O) groups excluding carboxylic acids is 2. The van der Waals surface area contributed by atoms with Gasteiger partial charge in [0.1, 0.15) is 6.04 Å². The summed E-state index contributed by atoms with van der Waals surface area (Å²) in [5, 5.41) is 7.25. The molecule has 0 aliphatic heterocycles. The van der Waals surface area contributed by atoms with Gasteiger partial charge in [0.15, 0.2) is 0 Å². The molecule has 0 saturated heterocycles. The molecule has 4 N–H and O–H groups in total. The number of thiophene rings is 1. The van der Waals surface area contributed by atoms with Gasteiger partial charge in [-0.2, -0.15) is 0 Å². The van der Waals surface area contributed by atoms with Gasteiger partial charge in [0.05, 0.1) is 6.54 Å². The smallest absolute Gasteiger partial charge is 0.312 e. The Morgan fingerprint density at radius 2 is 2.11 bits per heavy atom. The molecule has 0 aromatic carbocycles. The van der Waals surface area contributed by atoms with E-state index < -0.39 is 12.1 Å². The monoisotopic (exact) mass is 269 g/mol. The van der Waals surface area contributed by atoms with Gasteiger partial charge in [0.25, 0.3) is 0 Å². The zero-order valence-corrected chi connectivity index (χ0v) is 11.6. The minimum absolute atomic E-state index is 0.0121. The number of carbonyl (C=O) groups is 2. The zero-order chi connectivity index (χ0) is 13.7. The molecule has 1 aromatic rings. The normalized spacial score (nSPS) is 12.2. The molecule has 100 valence electrons. The van der Waals surface area contributed by atoms with Gasteiger partial charge in [-0.05, 0) is 29.9 Å². The van der Waals surface area contributed by atoms with Crippen LogP contribution in [-0.4, -0.2) is 18.0 Å². The molecule has 0 aliphatic rings. The fourth-order valence-electron chi connectivity index (χ4n) is 1.55. The first kappa shape index (κ1) is 14.5. The Hall–Kier alpha value is -1.56. The molecule has 0 aliphatic carbocycles. The zero-order valence-electron chi connectivity index (χ0n) is 10.8. The quantitative estimate of drug-likeness (QED) is 0.754. The lowest BCUT2D eigenvalue weighted by molar-refractivity contribution is -0.124. The van der Waals surface area contributed by atoms with Crippen LogP contribution in [0.25, 0.3) is 0 Å². The van der Waals surface area contributed by atoms with E-state index in [0.29, 0.717) is 6.54 Å². The molecule has 0 saturated carbocycles. The van der Waals surface area contributed by atoms with Crippen LogP contribution in [0.5, 0.6) is 0 Å². The molecule has 1 heterocycles. The first-order valence-electron chi connectivity index (χ1n) is 5.78. The Labute approximate surface area is 111 Å². The Bertz CT molecular complexity index is 429. The van der Waals surface area contributed by atoms with Crippen LogP contribution in [0.4, 0.5) is 4.79 Å². The summed E-state index contributed by atoms with van der Waals surface area (Å²) >= 11 is 1.60.